The Hall–Kier alpha value is -2.26. The Morgan fingerprint density at radius 2 is 1.96 bits per heavy atom. The van der Waals surface area contributed by atoms with Gasteiger partial charge in [-0.05, 0) is 52.1 Å². The van der Waals surface area contributed by atoms with Gasteiger partial charge in [0.2, 0.25) is 10.0 Å². The third-order valence-corrected chi connectivity index (χ3v) is 7.54. The predicted molar refractivity (Wildman–Crippen MR) is 104 cm³/mol. The number of hydrogen-bond donors (Lipinski definition) is 2. The summed E-state index contributed by atoms with van der Waals surface area (Å²) in [4.78, 5) is 12.2. The smallest absolute Gasteiger partial charge is 0.262 e. The minimum atomic E-state index is -3.77. The molecule has 0 bridgehead atoms. The Kier molecular flexibility index (Phi) is 4.73. The van der Waals surface area contributed by atoms with E-state index >= 15 is 0 Å². The zero-order valence-corrected chi connectivity index (χ0v) is 16.0. The van der Waals surface area contributed by atoms with Gasteiger partial charge in [-0.2, -0.15) is 4.31 Å². The highest BCUT2D eigenvalue weighted by Crippen LogP contribution is 2.29. The summed E-state index contributed by atoms with van der Waals surface area (Å²) in [5, 5.41) is 12.0. The fourth-order valence-electron chi connectivity index (χ4n) is 3.49. The molecule has 0 fully saturated rings. The first kappa shape index (κ1) is 18.1. The summed E-state index contributed by atoms with van der Waals surface area (Å²) in [6.07, 6.45) is 0.228. The average Bonchev–Trinajstić information content (AvgIpc) is 3.13. The van der Waals surface area contributed by atoms with E-state index in [0.29, 0.717) is 5.56 Å². The van der Waals surface area contributed by atoms with Crippen LogP contribution in [0.5, 0.6) is 0 Å². The third-order valence-electron chi connectivity index (χ3n) is 4.84. The van der Waals surface area contributed by atoms with Crippen LogP contribution in [0.4, 0.5) is 0 Å². The number of carbonyl (C=O) groups is 1. The highest BCUT2D eigenvalue weighted by molar-refractivity contribution is 7.88. The van der Waals surface area contributed by atoms with E-state index in [9.17, 15) is 13.2 Å². The highest BCUT2D eigenvalue weighted by Gasteiger charge is 2.38. The quantitative estimate of drug-likeness (QED) is 0.519. The maximum atomic E-state index is 13.1. The lowest BCUT2D eigenvalue weighted by Crippen LogP contribution is -2.52. The normalized spacial score (nSPS) is 17.6. The van der Waals surface area contributed by atoms with E-state index < -0.39 is 22.0 Å². The van der Waals surface area contributed by atoms with Gasteiger partial charge in [-0.25, -0.2) is 13.9 Å². The summed E-state index contributed by atoms with van der Waals surface area (Å²) in [5.74, 6) is -0.919. The molecule has 4 rings (SSSR count). The Labute approximate surface area is 161 Å². The topological polar surface area (TPSA) is 86.7 Å². The molecule has 1 aromatic heterocycles. The average molecular weight is 402 g/mol. The lowest BCUT2D eigenvalue weighted by Gasteiger charge is -2.34. The fourth-order valence-corrected chi connectivity index (χ4v) is 5.92. The van der Waals surface area contributed by atoms with Crippen LogP contribution in [-0.4, -0.2) is 29.9 Å². The summed E-state index contributed by atoms with van der Waals surface area (Å²) < 4.78 is 28.6. The van der Waals surface area contributed by atoms with Crippen LogP contribution in [-0.2, 0) is 33.5 Å². The molecule has 2 aromatic carbocycles. The number of sulfonamides is 1. The van der Waals surface area contributed by atoms with Gasteiger partial charge in [-0.1, -0.05) is 30.3 Å². The van der Waals surface area contributed by atoms with E-state index in [-0.39, 0.29) is 18.7 Å². The Bertz CT molecular complexity index is 1110. The van der Waals surface area contributed by atoms with Crippen LogP contribution in [0, 0.1) is 0 Å². The molecular formula is C19H18N2O4S2. The molecule has 3 aromatic rings. The van der Waals surface area contributed by atoms with E-state index in [2.05, 4.69) is 0 Å². The van der Waals surface area contributed by atoms with Crippen molar-refractivity contribution >= 4 is 37.4 Å². The molecule has 1 unspecified atom stereocenters. The van der Waals surface area contributed by atoms with Crippen molar-refractivity contribution in [3.63, 3.8) is 0 Å². The van der Waals surface area contributed by atoms with Gasteiger partial charge >= 0.3 is 0 Å². The molecular weight excluding hydrogens is 384 g/mol. The number of nitrogens with zero attached hydrogens (tertiary/aromatic N) is 1. The number of rotatable bonds is 4. The number of thiophene rings is 1. The van der Waals surface area contributed by atoms with Gasteiger partial charge in [-0.3, -0.25) is 10.0 Å². The highest BCUT2D eigenvalue weighted by atomic mass is 32.2. The van der Waals surface area contributed by atoms with E-state index in [0.717, 1.165) is 21.2 Å². The second kappa shape index (κ2) is 7.05. The molecule has 2 N–H and O–H groups in total. The van der Waals surface area contributed by atoms with Crippen molar-refractivity contribution in [2.45, 2.75) is 24.8 Å². The Morgan fingerprint density at radius 1 is 1.19 bits per heavy atom. The van der Waals surface area contributed by atoms with Crippen molar-refractivity contribution in [1.82, 2.24) is 9.79 Å². The van der Waals surface area contributed by atoms with Crippen molar-refractivity contribution in [2.24, 2.45) is 0 Å². The first-order chi connectivity index (χ1) is 13.0. The molecule has 0 radical (unpaired) electrons. The molecule has 1 aliphatic heterocycles. The predicted octanol–water partition coefficient (Wildman–Crippen LogP) is 2.66. The minimum absolute atomic E-state index is 0.108. The largest absolute Gasteiger partial charge is 0.289 e. The standard InChI is InChI=1S/C19H18N2O4S2/c22-19(20-23)17-10-14-3-1-2-4-16(14)11-21(17)27(24,25)12-13-5-6-18-15(9-13)7-8-26-18/h1-9,17,23H,10-12H2,(H,20,22). The van der Waals surface area contributed by atoms with Crippen molar-refractivity contribution in [3.8, 4) is 0 Å². The monoisotopic (exact) mass is 402 g/mol. The lowest BCUT2D eigenvalue weighted by atomic mass is 9.95. The van der Waals surface area contributed by atoms with Gasteiger partial charge in [0.25, 0.3) is 5.91 Å². The maximum absolute atomic E-state index is 13.1. The van der Waals surface area contributed by atoms with Gasteiger partial charge in [0.05, 0.1) is 5.75 Å². The molecule has 8 heteroatoms. The van der Waals surface area contributed by atoms with Crippen molar-refractivity contribution in [1.29, 1.82) is 0 Å². The third kappa shape index (κ3) is 3.49. The Balaban J connectivity index is 1.68. The van der Waals surface area contributed by atoms with Crippen molar-refractivity contribution < 1.29 is 18.4 Å². The maximum Gasteiger partial charge on any atom is 0.262 e. The van der Waals surface area contributed by atoms with Crippen LogP contribution in [0.15, 0.2) is 53.9 Å². The number of carbonyl (C=O) groups excluding carboxylic acids is 1. The second-order valence-corrected chi connectivity index (χ2v) is 9.43. The molecule has 27 heavy (non-hydrogen) atoms. The SMILES string of the molecule is O=C(NO)C1Cc2ccccc2CN1S(=O)(=O)Cc1ccc2sccc2c1. The molecule has 1 atom stereocenters. The van der Waals surface area contributed by atoms with Crippen LogP contribution in [0.3, 0.4) is 0 Å². The van der Waals surface area contributed by atoms with E-state index in [1.165, 1.54) is 4.31 Å². The number of fused-ring (bicyclic) bond motifs is 2. The molecule has 2 heterocycles. The van der Waals surface area contributed by atoms with Gasteiger partial charge < -0.3 is 0 Å². The summed E-state index contributed by atoms with van der Waals surface area (Å²) in [7, 11) is -3.77. The molecule has 1 amide bonds. The van der Waals surface area contributed by atoms with E-state index in [1.807, 2.05) is 47.8 Å². The van der Waals surface area contributed by atoms with Crippen LogP contribution in [0.2, 0.25) is 0 Å². The number of amides is 1. The summed E-state index contributed by atoms with van der Waals surface area (Å²) in [6.45, 7) is 0.108. The fraction of sp³-hybridized carbons (Fsp3) is 0.211. The van der Waals surface area contributed by atoms with Gasteiger partial charge in [-0.15, -0.1) is 11.3 Å². The summed E-state index contributed by atoms with van der Waals surface area (Å²) >= 11 is 1.60. The lowest BCUT2D eigenvalue weighted by molar-refractivity contribution is -0.133. The zero-order chi connectivity index (χ0) is 19.0. The van der Waals surface area contributed by atoms with Gasteiger partial charge in [0, 0.05) is 11.2 Å². The van der Waals surface area contributed by atoms with Crippen molar-refractivity contribution in [3.05, 3.63) is 70.6 Å². The molecule has 0 saturated heterocycles. The van der Waals surface area contributed by atoms with Gasteiger partial charge in [0.15, 0.2) is 0 Å². The number of hydroxylamine groups is 1. The number of hydrogen-bond acceptors (Lipinski definition) is 5. The molecule has 6 nitrogen and oxygen atoms in total. The van der Waals surface area contributed by atoms with E-state index in [1.54, 1.807) is 22.9 Å². The zero-order valence-electron chi connectivity index (χ0n) is 14.3. The molecule has 140 valence electrons. The van der Waals surface area contributed by atoms with Crippen LogP contribution in [0.1, 0.15) is 16.7 Å². The summed E-state index contributed by atoms with van der Waals surface area (Å²) in [5.41, 5.74) is 4.06. The second-order valence-electron chi connectivity index (χ2n) is 6.56. The number of benzene rings is 2. The summed E-state index contributed by atoms with van der Waals surface area (Å²) in [6, 6.07) is 14.0. The van der Waals surface area contributed by atoms with Crippen LogP contribution < -0.4 is 5.48 Å². The van der Waals surface area contributed by atoms with Crippen molar-refractivity contribution in [2.75, 3.05) is 0 Å². The minimum Gasteiger partial charge on any atom is -0.289 e. The molecule has 0 aliphatic carbocycles. The van der Waals surface area contributed by atoms with Gasteiger partial charge in [0.1, 0.15) is 6.04 Å². The number of nitrogens with one attached hydrogen (secondary N) is 1. The molecule has 0 spiro atoms. The molecule has 0 saturated carbocycles. The van der Waals surface area contributed by atoms with E-state index in [4.69, 9.17) is 5.21 Å². The Morgan fingerprint density at radius 3 is 2.74 bits per heavy atom. The molecule has 1 aliphatic rings. The first-order valence-electron chi connectivity index (χ1n) is 8.44. The van der Waals surface area contributed by atoms with Crippen LogP contribution in [0.25, 0.3) is 10.1 Å². The first-order valence-corrected chi connectivity index (χ1v) is 10.9. The van der Waals surface area contributed by atoms with Crippen LogP contribution >= 0.6 is 11.3 Å².